The number of thioether (sulfide) groups is 2. The van der Waals surface area contributed by atoms with Crippen molar-refractivity contribution >= 4 is 51.1 Å². The molecule has 1 heterocycles. The fourth-order valence-electron chi connectivity index (χ4n) is 1.03. The van der Waals surface area contributed by atoms with E-state index in [1.807, 2.05) is 12.1 Å². The van der Waals surface area contributed by atoms with E-state index in [1.165, 1.54) is 0 Å². The monoisotopic (exact) mass is 263 g/mol. The Morgan fingerprint density at radius 1 is 1.36 bits per heavy atom. The highest BCUT2D eigenvalue weighted by molar-refractivity contribution is 8.39. The predicted molar refractivity (Wildman–Crippen MR) is 67.1 cm³/mol. The molecule has 0 saturated carbocycles. The van der Waals surface area contributed by atoms with Crippen LogP contribution in [0.3, 0.4) is 0 Å². The normalized spacial score (nSPS) is 15.7. The van der Waals surface area contributed by atoms with Crippen molar-refractivity contribution in [1.82, 2.24) is 0 Å². The van der Waals surface area contributed by atoms with Gasteiger partial charge >= 0.3 is 0 Å². The first-order valence-corrected chi connectivity index (χ1v) is 6.61. The third kappa shape index (κ3) is 2.60. The summed E-state index contributed by atoms with van der Waals surface area (Å²) in [4.78, 5) is 5.32. The quantitative estimate of drug-likeness (QED) is 0.754. The van der Waals surface area contributed by atoms with Crippen LogP contribution in [0.15, 0.2) is 28.1 Å². The molecule has 0 amide bonds. The lowest BCUT2D eigenvalue weighted by Crippen LogP contribution is -1.81. The Bertz CT molecular complexity index is 379. The van der Waals surface area contributed by atoms with E-state index in [9.17, 15) is 0 Å². The topological polar surface area (TPSA) is 12.4 Å². The second-order valence-corrected chi connectivity index (χ2v) is 5.89. The minimum Gasteiger partial charge on any atom is -0.271 e. The first-order chi connectivity index (χ1) is 6.75. The summed E-state index contributed by atoms with van der Waals surface area (Å²) < 4.78 is 1.08. The van der Waals surface area contributed by atoms with Crippen LogP contribution >= 0.6 is 46.7 Å². The molecule has 0 N–H and O–H groups in total. The number of hydrogen-bond donors (Lipinski definition) is 0. The lowest BCUT2D eigenvalue weighted by molar-refractivity contribution is 1.18. The van der Waals surface area contributed by atoms with Gasteiger partial charge in [0.05, 0.1) is 11.6 Å². The van der Waals surface area contributed by atoms with Gasteiger partial charge in [0.25, 0.3) is 0 Å². The minimum absolute atomic E-state index is 0.709. The fourth-order valence-corrected chi connectivity index (χ4v) is 3.49. The zero-order chi connectivity index (χ0) is 9.97. The van der Waals surface area contributed by atoms with Crippen LogP contribution in [0.4, 0.5) is 0 Å². The highest BCUT2D eigenvalue weighted by Gasteiger charge is 2.11. The standard InChI is InChI=1S/C9H7Cl2NS2/c10-6-1-2-7(11)8(5-6)14-9-12-3-4-13-9/h1-2,5H,3-4H2. The summed E-state index contributed by atoms with van der Waals surface area (Å²) in [5, 5.41) is 1.44. The molecule has 14 heavy (non-hydrogen) atoms. The van der Waals surface area contributed by atoms with Crippen molar-refractivity contribution in [2.24, 2.45) is 4.99 Å². The molecule has 1 aliphatic heterocycles. The average Bonchev–Trinajstić information content (AvgIpc) is 2.64. The third-order valence-corrected chi connectivity index (χ3v) is 4.55. The second-order valence-electron chi connectivity index (χ2n) is 2.67. The Balaban J connectivity index is 2.19. The van der Waals surface area contributed by atoms with E-state index in [4.69, 9.17) is 23.2 Å². The molecular weight excluding hydrogens is 257 g/mol. The van der Waals surface area contributed by atoms with Gasteiger partial charge < -0.3 is 0 Å². The zero-order valence-electron chi connectivity index (χ0n) is 7.17. The van der Waals surface area contributed by atoms with Gasteiger partial charge in [-0.15, -0.1) is 0 Å². The van der Waals surface area contributed by atoms with Crippen LogP contribution in [0.1, 0.15) is 0 Å². The molecule has 0 radical (unpaired) electrons. The Hall–Kier alpha value is 0.170. The summed E-state index contributed by atoms with van der Waals surface area (Å²) >= 11 is 15.3. The highest BCUT2D eigenvalue weighted by atomic mass is 35.5. The van der Waals surface area contributed by atoms with Crippen LogP contribution in [-0.4, -0.2) is 16.7 Å². The molecule has 0 unspecified atom stereocenters. The summed E-state index contributed by atoms with van der Waals surface area (Å²) in [6, 6.07) is 5.47. The lowest BCUT2D eigenvalue weighted by Gasteiger charge is -2.03. The number of aliphatic imine (C=N–C) groups is 1. The lowest BCUT2D eigenvalue weighted by atomic mass is 10.4. The SMILES string of the molecule is Clc1ccc(Cl)c(SC2=NCCS2)c1. The first-order valence-electron chi connectivity index (χ1n) is 4.06. The van der Waals surface area contributed by atoms with Crippen molar-refractivity contribution in [1.29, 1.82) is 0 Å². The Morgan fingerprint density at radius 3 is 2.93 bits per heavy atom. The summed E-state index contributed by atoms with van der Waals surface area (Å²) in [5.74, 6) is 1.07. The van der Waals surface area contributed by atoms with E-state index < -0.39 is 0 Å². The van der Waals surface area contributed by atoms with E-state index in [-0.39, 0.29) is 0 Å². The summed E-state index contributed by atoms with van der Waals surface area (Å²) in [6.45, 7) is 0.908. The Kier molecular flexibility index (Phi) is 3.66. The number of rotatable bonds is 1. The van der Waals surface area contributed by atoms with Gasteiger partial charge in [-0.3, -0.25) is 4.99 Å². The smallest absolute Gasteiger partial charge is 0.129 e. The van der Waals surface area contributed by atoms with E-state index in [0.717, 1.165) is 26.6 Å². The molecule has 1 nitrogen and oxygen atoms in total. The van der Waals surface area contributed by atoms with Gasteiger partial charge in [0.2, 0.25) is 0 Å². The van der Waals surface area contributed by atoms with Crippen LogP contribution in [0.2, 0.25) is 10.0 Å². The highest BCUT2D eigenvalue weighted by Crippen LogP contribution is 2.35. The van der Waals surface area contributed by atoms with Gasteiger partial charge in [0.15, 0.2) is 0 Å². The van der Waals surface area contributed by atoms with E-state index in [2.05, 4.69) is 4.99 Å². The molecule has 0 atom stereocenters. The van der Waals surface area contributed by atoms with Crippen molar-refractivity contribution in [3.05, 3.63) is 28.2 Å². The van der Waals surface area contributed by atoms with Crippen LogP contribution in [0.25, 0.3) is 0 Å². The van der Waals surface area contributed by atoms with Gasteiger partial charge in [-0.05, 0) is 18.2 Å². The minimum atomic E-state index is 0.709. The maximum atomic E-state index is 6.03. The van der Waals surface area contributed by atoms with E-state index in [0.29, 0.717) is 5.02 Å². The van der Waals surface area contributed by atoms with E-state index >= 15 is 0 Å². The molecule has 0 bridgehead atoms. The van der Waals surface area contributed by atoms with Crippen LogP contribution in [-0.2, 0) is 0 Å². The van der Waals surface area contributed by atoms with E-state index in [1.54, 1.807) is 29.6 Å². The molecule has 1 aromatic rings. The molecule has 0 spiro atoms. The molecule has 0 aliphatic carbocycles. The van der Waals surface area contributed by atoms with Crippen molar-refractivity contribution < 1.29 is 0 Å². The molecule has 0 aromatic heterocycles. The summed E-state index contributed by atoms with van der Waals surface area (Å²) in [5.41, 5.74) is 0. The zero-order valence-corrected chi connectivity index (χ0v) is 10.3. The second kappa shape index (κ2) is 4.79. The molecule has 0 fully saturated rings. The number of nitrogens with zero attached hydrogens (tertiary/aromatic N) is 1. The van der Waals surface area contributed by atoms with Crippen molar-refractivity contribution in [2.45, 2.75) is 4.90 Å². The number of hydrogen-bond acceptors (Lipinski definition) is 3. The molecule has 0 saturated heterocycles. The maximum absolute atomic E-state index is 6.03. The largest absolute Gasteiger partial charge is 0.271 e. The summed E-state index contributed by atoms with van der Waals surface area (Å²) in [6.07, 6.45) is 0. The van der Waals surface area contributed by atoms with Gasteiger partial charge in [0.1, 0.15) is 4.38 Å². The average molecular weight is 264 g/mol. The Morgan fingerprint density at radius 2 is 2.21 bits per heavy atom. The fraction of sp³-hybridized carbons (Fsp3) is 0.222. The summed E-state index contributed by atoms with van der Waals surface area (Å²) in [7, 11) is 0. The van der Waals surface area contributed by atoms with Gasteiger partial charge in [0, 0.05) is 15.7 Å². The maximum Gasteiger partial charge on any atom is 0.129 e. The number of benzene rings is 1. The molecule has 5 heteroatoms. The molecule has 1 aliphatic rings. The third-order valence-electron chi connectivity index (χ3n) is 1.65. The molecular formula is C9H7Cl2NS2. The van der Waals surface area contributed by atoms with Crippen LogP contribution < -0.4 is 0 Å². The van der Waals surface area contributed by atoms with Crippen LogP contribution in [0, 0.1) is 0 Å². The van der Waals surface area contributed by atoms with Gasteiger partial charge in [-0.1, -0.05) is 46.7 Å². The first kappa shape index (κ1) is 10.7. The van der Waals surface area contributed by atoms with Crippen LogP contribution in [0.5, 0.6) is 0 Å². The Labute approximate surface area is 101 Å². The molecule has 2 rings (SSSR count). The predicted octanol–water partition coefficient (Wildman–Crippen LogP) is 4.19. The van der Waals surface area contributed by atoms with Crippen molar-refractivity contribution in [3.63, 3.8) is 0 Å². The molecule has 1 aromatic carbocycles. The van der Waals surface area contributed by atoms with Gasteiger partial charge in [-0.25, -0.2) is 0 Å². The van der Waals surface area contributed by atoms with Gasteiger partial charge in [-0.2, -0.15) is 0 Å². The van der Waals surface area contributed by atoms with Crippen molar-refractivity contribution in [2.75, 3.05) is 12.3 Å². The molecule has 74 valence electrons. The van der Waals surface area contributed by atoms with Crippen molar-refractivity contribution in [3.8, 4) is 0 Å². The number of halogens is 2.